The number of benzene rings is 2. The number of rotatable bonds is 7. The number of carbonyl (C=O) groups excluding carboxylic acids is 2. The number of hydrogen-bond donors (Lipinski definition) is 4. The number of pyridine rings is 1. The van der Waals surface area contributed by atoms with Gasteiger partial charge in [0.05, 0.1) is 16.8 Å². The zero-order chi connectivity index (χ0) is 29.6. The van der Waals surface area contributed by atoms with Crippen molar-refractivity contribution in [3.05, 3.63) is 95.1 Å². The maximum absolute atomic E-state index is 14.5. The summed E-state index contributed by atoms with van der Waals surface area (Å²) in [6.45, 7) is 2.17. The van der Waals surface area contributed by atoms with E-state index in [1.165, 1.54) is 25.3 Å². The standard InChI is InChI=1S/C29H27F4N5O3/c1-27(26(34)40)15-41-24-19(27)12-22(37-23(24)16-8-10-18(30)11-9-16)20(29(31,32)33)13-35-25(39)21-14-36-38-28(21,2)17-6-4-3-5-7-17/h3-12,14,20,36,38H,13,15H2,1-2H3,(H2,34,40)(H,35,39)/t20-,27+,28?/m1/s1. The van der Waals surface area contributed by atoms with Crippen LogP contribution in [0.15, 0.2) is 72.4 Å². The van der Waals surface area contributed by atoms with Gasteiger partial charge < -0.3 is 21.2 Å². The van der Waals surface area contributed by atoms with Crippen LogP contribution in [0.2, 0.25) is 0 Å². The molecule has 1 unspecified atom stereocenters. The number of nitrogens with one attached hydrogen (secondary N) is 3. The monoisotopic (exact) mass is 569 g/mol. The lowest BCUT2D eigenvalue weighted by atomic mass is 9.82. The van der Waals surface area contributed by atoms with Gasteiger partial charge >= 0.3 is 6.18 Å². The van der Waals surface area contributed by atoms with Crippen molar-refractivity contribution >= 4 is 11.8 Å². The minimum atomic E-state index is -4.83. The van der Waals surface area contributed by atoms with E-state index in [4.69, 9.17) is 10.5 Å². The summed E-state index contributed by atoms with van der Waals surface area (Å²) < 4.78 is 62.9. The third-order valence-corrected chi connectivity index (χ3v) is 7.65. The van der Waals surface area contributed by atoms with Crippen LogP contribution >= 0.6 is 0 Å². The van der Waals surface area contributed by atoms with Gasteiger partial charge in [0.1, 0.15) is 35.2 Å². The van der Waals surface area contributed by atoms with E-state index in [2.05, 4.69) is 21.2 Å². The fourth-order valence-corrected chi connectivity index (χ4v) is 5.02. The van der Waals surface area contributed by atoms with Gasteiger partial charge in [0.15, 0.2) is 0 Å². The summed E-state index contributed by atoms with van der Waals surface area (Å²) in [7, 11) is 0. The van der Waals surface area contributed by atoms with Crippen LogP contribution in [0.3, 0.4) is 0 Å². The highest BCUT2D eigenvalue weighted by Gasteiger charge is 2.48. The molecule has 41 heavy (non-hydrogen) atoms. The Morgan fingerprint density at radius 1 is 1.12 bits per heavy atom. The molecule has 2 amide bonds. The summed E-state index contributed by atoms with van der Waals surface area (Å²) in [4.78, 5) is 29.9. The first kappa shape index (κ1) is 28.1. The fraction of sp³-hybridized carbons (Fsp3) is 0.276. The lowest BCUT2D eigenvalue weighted by molar-refractivity contribution is -0.151. The van der Waals surface area contributed by atoms with Crippen LogP contribution < -0.4 is 26.6 Å². The minimum Gasteiger partial charge on any atom is -0.489 e. The number of ether oxygens (including phenoxy) is 1. The van der Waals surface area contributed by atoms with Gasteiger partial charge in [-0.05, 0) is 49.7 Å². The van der Waals surface area contributed by atoms with Crippen LogP contribution in [0.5, 0.6) is 5.75 Å². The zero-order valence-corrected chi connectivity index (χ0v) is 22.1. The maximum Gasteiger partial charge on any atom is 0.398 e. The minimum absolute atomic E-state index is 0.00612. The molecule has 3 heterocycles. The average molecular weight is 570 g/mol. The van der Waals surface area contributed by atoms with Gasteiger partial charge in [-0.15, -0.1) is 0 Å². The molecular formula is C29H27F4N5O3. The SMILES string of the molecule is CC1(c2ccccc2)NNC=C1C(=O)NC[C@H](c1cc2c(c(-c3ccc(F)cc3)n1)OC[C@]2(C)C(N)=O)C(F)(F)F. The fourth-order valence-electron chi connectivity index (χ4n) is 5.02. The second-order valence-corrected chi connectivity index (χ2v) is 10.4. The van der Waals surface area contributed by atoms with E-state index in [1.807, 2.05) is 6.07 Å². The maximum atomic E-state index is 14.5. The first-order valence-corrected chi connectivity index (χ1v) is 12.7. The normalized spacial score (nSPS) is 22.2. The molecule has 3 atom stereocenters. The molecule has 8 nitrogen and oxygen atoms in total. The Morgan fingerprint density at radius 3 is 2.44 bits per heavy atom. The van der Waals surface area contributed by atoms with E-state index < -0.39 is 52.9 Å². The number of aromatic nitrogens is 1. The Balaban J connectivity index is 1.52. The van der Waals surface area contributed by atoms with Gasteiger partial charge in [0, 0.05) is 23.9 Å². The highest BCUT2D eigenvalue weighted by molar-refractivity contribution is 5.96. The van der Waals surface area contributed by atoms with Crippen molar-refractivity contribution in [2.24, 2.45) is 5.73 Å². The van der Waals surface area contributed by atoms with Crippen molar-refractivity contribution in [3.63, 3.8) is 0 Å². The Bertz CT molecular complexity index is 1530. The van der Waals surface area contributed by atoms with Gasteiger partial charge in [0.2, 0.25) is 5.91 Å². The Labute approximate surface area is 233 Å². The Hall–Kier alpha value is -4.45. The van der Waals surface area contributed by atoms with Crippen LogP contribution in [-0.4, -0.2) is 36.1 Å². The lowest BCUT2D eigenvalue weighted by Crippen LogP contribution is -2.45. The molecule has 214 valence electrons. The highest BCUT2D eigenvalue weighted by Crippen LogP contribution is 2.46. The topological polar surface area (TPSA) is 118 Å². The Kier molecular flexibility index (Phi) is 6.98. The molecule has 1 aromatic heterocycles. The molecule has 0 aliphatic carbocycles. The highest BCUT2D eigenvalue weighted by atomic mass is 19.4. The summed E-state index contributed by atoms with van der Waals surface area (Å²) in [5, 5.41) is 2.41. The second kappa shape index (κ2) is 10.2. The molecule has 0 saturated heterocycles. The number of hydrazine groups is 1. The number of fused-ring (bicyclic) bond motifs is 1. The van der Waals surface area contributed by atoms with Crippen LogP contribution in [0.25, 0.3) is 11.3 Å². The van der Waals surface area contributed by atoms with Crippen LogP contribution in [-0.2, 0) is 20.5 Å². The molecule has 0 saturated carbocycles. The molecule has 5 N–H and O–H groups in total. The number of halogens is 4. The number of hydrogen-bond acceptors (Lipinski definition) is 6. The molecule has 2 aliphatic heterocycles. The number of nitrogens with two attached hydrogens (primary N) is 1. The lowest BCUT2D eigenvalue weighted by Gasteiger charge is -2.28. The van der Waals surface area contributed by atoms with Crippen molar-refractivity contribution in [2.45, 2.75) is 36.9 Å². The summed E-state index contributed by atoms with van der Waals surface area (Å²) >= 11 is 0. The van der Waals surface area contributed by atoms with Crippen molar-refractivity contribution in [1.82, 2.24) is 21.2 Å². The van der Waals surface area contributed by atoms with Crippen molar-refractivity contribution in [1.29, 1.82) is 0 Å². The molecule has 5 rings (SSSR count). The van der Waals surface area contributed by atoms with E-state index in [1.54, 1.807) is 31.2 Å². The van der Waals surface area contributed by atoms with Gasteiger partial charge in [-0.3, -0.25) is 9.59 Å². The molecule has 0 radical (unpaired) electrons. The second-order valence-electron chi connectivity index (χ2n) is 10.4. The number of nitrogens with zero attached hydrogens (tertiary/aromatic N) is 1. The predicted molar refractivity (Wildman–Crippen MR) is 142 cm³/mol. The van der Waals surface area contributed by atoms with E-state index in [-0.39, 0.29) is 34.8 Å². The van der Waals surface area contributed by atoms with Gasteiger partial charge in [-0.1, -0.05) is 30.3 Å². The summed E-state index contributed by atoms with van der Waals surface area (Å²) in [5.74, 6) is -4.21. The third kappa shape index (κ3) is 4.99. The van der Waals surface area contributed by atoms with Gasteiger partial charge in [0.25, 0.3) is 5.91 Å². The number of primary amides is 1. The van der Waals surface area contributed by atoms with Crippen molar-refractivity contribution in [2.75, 3.05) is 13.2 Å². The Morgan fingerprint density at radius 2 is 1.80 bits per heavy atom. The van der Waals surface area contributed by atoms with Crippen LogP contribution in [0.1, 0.15) is 36.6 Å². The molecule has 0 spiro atoms. The average Bonchev–Trinajstić information content (AvgIpc) is 3.50. The van der Waals surface area contributed by atoms with Crippen molar-refractivity contribution < 1.29 is 31.9 Å². The van der Waals surface area contributed by atoms with Gasteiger partial charge in [-0.25, -0.2) is 14.8 Å². The summed E-state index contributed by atoms with van der Waals surface area (Å²) in [6.07, 6.45) is -3.43. The van der Waals surface area contributed by atoms with Crippen LogP contribution in [0, 0.1) is 5.82 Å². The molecule has 3 aromatic rings. The largest absolute Gasteiger partial charge is 0.489 e. The number of amides is 2. The van der Waals surface area contributed by atoms with Crippen LogP contribution in [0.4, 0.5) is 17.6 Å². The quantitative estimate of drug-likeness (QED) is 0.323. The number of carbonyl (C=O) groups is 2. The summed E-state index contributed by atoms with van der Waals surface area (Å²) in [6, 6.07) is 15.1. The molecule has 0 fully saturated rings. The van der Waals surface area contributed by atoms with Crippen molar-refractivity contribution in [3.8, 4) is 17.0 Å². The van der Waals surface area contributed by atoms with Gasteiger partial charge in [-0.2, -0.15) is 13.2 Å². The molecule has 2 aromatic carbocycles. The molecule has 12 heteroatoms. The molecule has 0 bridgehead atoms. The van der Waals surface area contributed by atoms with E-state index in [0.717, 1.165) is 23.8 Å². The first-order chi connectivity index (χ1) is 19.3. The van der Waals surface area contributed by atoms with E-state index in [9.17, 15) is 27.2 Å². The van der Waals surface area contributed by atoms with E-state index >= 15 is 0 Å². The molecule has 2 aliphatic rings. The predicted octanol–water partition coefficient (Wildman–Crippen LogP) is 3.69. The van der Waals surface area contributed by atoms with E-state index in [0.29, 0.717) is 0 Å². The summed E-state index contributed by atoms with van der Waals surface area (Å²) in [5.41, 5.74) is 9.86. The third-order valence-electron chi connectivity index (χ3n) is 7.65. The zero-order valence-electron chi connectivity index (χ0n) is 22.1. The smallest absolute Gasteiger partial charge is 0.398 e. The number of alkyl halides is 3. The first-order valence-electron chi connectivity index (χ1n) is 12.7. The molecular weight excluding hydrogens is 542 g/mol.